The molecule has 16 heavy (non-hydrogen) atoms. The summed E-state index contributed by atoms with van der Waals surface area (Å²) in [7, 11) is 6.10. The van der Waals surface area contributed by atoms with E-state index in [0.717, 1.165) is 25.4 Å². The van der Waals surface area contributed by atoms with E-state index in [4.69, 9.17) is 0 Å². The second-order valence-corrected chi connectivity index (χ2v) is 4.88. The summed E-state index contributed by atoms with van der Waals surface area (Å²) in [6.07, 6.45) is 4.18. The third-order valence-electron chi connectivity index (χ3n) is 3.17. The van der Waals surface area contributed by atoms with Gasteiger partial charge in [-0.3, -0.25) is 4.79 Å². The van der Waals surface area contributed by atoms with Crippen LogP contribution in [-0.4, -0.2) is 51.1 Å². The molecule has 1 atom stereocenters. The number of hydrogen-bond donors (Lipinski definition) is 2. The van der Waals surface area contributed by atoms with Crippen molar-refractivity contribution in [3.63, 3.8) is 0 Å². The summed E-state index contributed by atoms with van der Waals surface area (Å²) in [6.45, 7) is 1.71. The van der Waals surface area contributed by atoms with E-state index in [0.29, 0.717) is 12.5 Å². The number of nitrogens with one attached hydrogen (secondary N) is 2. The number of hydrogen-bond acceptors (Lipinski definition) is 3. The third kappa shape index (κ3) is 4.94. The van der Waals surface area contributed by atoms with E-state index in [-0.39, 0.29) is 5.91 Å². The molecular formula is C12H25N3O. The summed E-state index contributed by atoms with van der Waals surface area (Å²) in [5, 5.41) is 6.08. The van der Waals surface area contributed by atoms with Crippen molar-refractivity contribution in [2.75, 3.05) is 34.2 Å². The van der Waals surface area contributed by atoms with Crippen molar-refractivity contribution in [1.29, 1.82) is 0 Å². The van der Waals surface area contributed by atoms with E-state index >= 15 is 0 Å². The van der Waals surface area contributed by atoms with Crippen molar-refractivity contribution in [2.45, 2.75) is 31.7 Å². The topological polar surface area (TPSA) is 44.4 Å². The van der Waals surface area contributed by atoms with Gasteiger partial charge >= 0.3 is 0 Å². The molecule has 1 amide bonds. The summed E-state index contributed by atoms with van der Waals surface area (Å²) in [6, 6.07) is 0.522. The molecule has 1 aliphatic carbocycles. The van der Waals surface area contributed by atoms with Crippen LogP contribution >= 0.6 is 0 Å². The van der Waals surface area contributed by atoms with Crippen molar-refractivity contribution in [2.24, 2.45) is 5.92 Å². The highest BCUT2D eigenvalue weighted by Crippen LogP contribution is 2.34. The summed E-state index contributed by atoms with van der Waals surface area (Å²) in [5.74, 6) is 0.982. The van der Waals surface area contributed by atoms with Gasteiger partial charge in [0.25, 0.3) is 0 Å². The number of carbonyl (C=O) groups excluding carboxylic acids is 1. The Morgan fingerprint density at radius 1 is 1.44 bits per heavy atom. The summed E-state index contributed by atoms with van der Waals surface area (Å²) in [4.78, 5) is 13.8. The van der Waals surface area contributed by atoms with Gasteiger partial charge in [0.15, 0.2) is 0 Å². The lowest BCUT2D eigenvalue weighted by atomic mass is 10.1. The molecule has 0 aromatic carbocycles. The second kappa shape index (κ2) is 6.86. The van der Waals surface area contributed by atoms with Gasteiger partial charge in [0.1, 0.15) is 0 Å². The molecule has 0 aliphatic heterocycles. The van der Waals surface area contributed by atoms with Crippen LogP contribution in [0.25, 0.3) is 0 Å². The first-order valence-corrected chi connectivity index (χ1v) is 6.23. The highest BCUT2D eigenvalue weighted by Gasteiger charge is 2.32. The molecule has 1 saturated carbocycles. The van der Waals surface area contributed by atoms with Gasteiger partial charge in [-0.1, -0.05) is 0 Å². The first kappa shape index (κ1) is 13.5. The molecule has 1 rings (SSSR count). The molecule has 94 valence electrons. The van der Waals surface area contributed by atoms with E-state index < -0.39 is 0 Å². The maximum atomic E-state index is 11.5. The van der Waals surface area contributed by atoms with Gasteiger partial charge in [-0.2, -0.15) is 0 Å². The SMILES string of the molecule is CNCCCC(=O)NCC(C1CC1)N(C)C. The van der Waals surface area contributed by atoms with Crippen molar-refractivity contribution in [1.82, 2.24) is 15.5 Å². The van der Waals surface area contributed by atoms with Crippen LogP contribution in [0.4, 0.5) is 0 Å². The van der Waals surface area contributed by atoms with Crippen molar-refractivity contribution in [3.05, 3.63) is 0 Å². The number of carbonyl (C=O) groups is 1. The predicted molar refractivity (Wildman–Crippen MR) is 66.4 cm³/mol. The monoisotopic (exact) mass is 227 g/mol. The zero-order chi connectivity index (χ0) is 12.0. The van der Waals surface area contributed by atoms with Gasteiger partial charge in [-0.15, -0.1) is 0 Å². The Hall–Kier alpha value is -0.610. The van der Waals surface area contributed by atoms with E-state index in [2.05, 4.69) is 29.6 Å². The Morgan fingerprint density at radius 2 is 2.12 bits per heavy atom. The van der Waals surface area contributed by atoms with Gasteiger partial charge in [-0.05, 0) is 52.9 Å². The Bertz CT molecular complexity index is 212. The molecule has 0 saturated heterocycles. The molecule has 4 heteroatoms. The Morgan fingerprint density at radius 3 is 2.62 bits per heavy atom. The van der Waals surface area contributed by atoms with E-state index in [9.17, 15) is 4.79 Å². The quantitative estimate of drug-likeness (QED) is 0.592. The van der Waals surface area contributed by atoms with Crippen LogP contribution in [0.15, 0.2) is 0 Å². The number of nitrogens with zero attached hydrogens (tertiary/aromatic N) is 1. The lowest BCUT2D eigenvalue weighted by Gasteiger charge is -2.24. The Labute approximate surface area is 98.8 Å². The predicted octanol–water partition coefficient (Wildman–Crippen LogP) is 0.442. The number of rotatable bonds is 8. The van der Waals surface area contributed by atoms with Crippen LogP contribution in [0, 0.1) is 5.92 Å². The van der Waals surface area contributed by atoms with Crippen molar-refractivity contribution < 1.29 is 4.79 Å². The van der Waals surface area contributed by atoms with E-state index in [1.165, 1.54) is 12.8 Å². The minimum Gasteiger partial charge on any atom is -0.355 e. The van der Waals surface area contributed by atoms with Crippen LogP contribution < -0.4 is 10.6 Å². The molecule has 0 spiro atoms. The normalized spacial score (nSPS) is 17.5. The smallest absolute Gasteiger partial charge is 0.220 e. The average molecular weight is 227 g/mol. The highest BCUT2D eigenvalue weighted by atomic mass is 16.1. The summed E-state index contributed by atoms with van der Waals surface area (Å²) < 4.78 is 0. The largest absolute Gasteiger partial charge is 0.355 e. The zero-order valence-electron chi connectivity index (χ0n) is 10.8. The highest BCUT2D eigenvalue weighted by molar-refractivity contribution is 5.75. The van der Waals surface area contributed by atoms with Crippen LogP contribution in [0.5, 0.6) is 0 Å². The lowest BCUT2D eigenvalue weighted by Crippen LogP contribution is -2.41. The molecule has 0 bridgehead atoms. The molecule has 0 aromatic rings. The first-order valence-electron chi connectivity index (χ1n) is 6.23. The average Bonchev–Trinajstić information content (AvgIpc) is 3.02. The maximum absolute atomic E-state index is 11.5. The molecule has 2 N–H and O–H groups in total. The number of likely N-dealkylation sites (N-methyl/N-ethyl adjacent to an activating group) is 1. The first-order chi connectivity index (χ1) is 7.65. The molecule has 0 heterocycles. The third-order valence-corrected chi connectivity index (χ3v) is 3.17. The molecule has 1 aliphatic rings. The van der Waals surface area contributed by atoms with E-state index in [1.54, 1.807) is 0 Å². The summed E-state index contributed by atoms with van der Waals surface area (Å²) in [5.41, 5.74) is 0. The van der Waals surface area contributed by atoms with Crippen LogP contribution in [-0.2, 0) is 4.79 Å². The standard InChI is InChI=1S/C12H25N3O/c1-13-8-4-5-12(16)14-9-11(15(2)3)10-6-7-10/h10-11,13H,4-9H2,1-3H3,(H,14,16). The summed E-state index contributed by atoms with van der Waals surface area (Å²) >= 11 is 0. The van der Waals surface area contributed by atoms with Crippen molar-refractivity contribution >= 4 is 5.91 Å². The van der Waals surface area contributed by atoms with Crippen LogP contribution in [0.1, 0.15) is 25.7 Å². The van der Waals surface area contributed by atoms with Crippen molar-refractivity contribution in [3.8, 4) is 0 Å². The molecule has 0 radical (unpaired) electrons. The Balaban J connectivity index is 2.13. The molecule has 1 unspecified atom stereocenters. The van der Waals surface area contributed by atoms with Crippen LogP contribution in [0.3, 0.4) is 0 Å². The Kier molecular flexibility index (Phi) is 5.77. The lowest BCUT2D eigenvalue weighted by molar-refractivity contribution is -0.121. The minimum absolute atomic E-state index is 0.183. The fourth-order valence-corrected chi connectivity index (χ4v) is 1.98. The molecule has 1 fully saturated rings. The molecule has 0 aromatic heterocycles. The zero-order valence-corrected chi connectivity index (χ0v) is 10.8. The molecular weight excluding hydrogens is 202 g/mol. The fraction of sp³-hybridized carbons (Fsp3) is 0.917. The minimum atomic E-state index is 0.183. The van der Waals surface area contributed by atoms with E-state index in [1.807, 2.05) is 7.05 Å². The number of amides is 1. The van der Waals surface area contributed by atoms with Gasteiger partial charge in [0.2, 0.25) is 5.91 Å². The molecule has 4 nitrogen and oxygen atoms in total. The van der Waals surface area contributed by atoms with Gasteiger partial charge in [-0.25, -0.2) is 0 Å². The van der Waals surface area contributed by atoms with Gasteiger partial charge in [0, 0.05) is 19.0 Å². The van der Waals surface area contributed by atoms with Gasteiger partial charge < -0.3 is 15.5 Å². The van der Waals surface area contributed by atoms with Crippen LogP contribution in [0.2, 0.25) is 0 Å². The fourth-order valence-electron chi connectivity index (χ4n) is 1.98. The second-order valence-electron chi connectivity index (χ2n) is 4.88. The van der Waals surface area contributed by atoms with Gasteiger partial charge in [0.05, 0.1) is 0 Å². The maximum Gasteiger partial charge on any atom is 0.220 e.